The van der Waals surface area contributed by atoms with E-state index in [4.69, 9.17) is 7.98 Å². The monoisotopic (exact) mass is 178 g/mol. The predicted molar refractivity (Wildman–Crippen MR) is 46.8 cm³/mol. The fraction of sp³-hybridized carbons (Fsp3) is 0.286. The number of hydrogen-bond acceptors (Lipinski definition) is 3. The summed E-state index contributed by atoms with van der Waals surface area (Å²) in [5, 5.41) is 0. The van der Waals surface area contributed by atoms with Gasteiger partial charge in [-0.3, -0.25) is 14.2 Å². The average molecular weight is 178 g/mol. The second kappa shape index (κ2) is 3.43. The number of nitrogens with zero attached hydrogens (tertiary/aromatic N) is 2. The maximum Gasteiger partial charge on any atom is 0.318 e. The normalized spacial score (nSPS) is 9.92. The first-order valence-corrected chi connectivity index (χ1v) is 3.59. The molecule has 0 aliphatic rings. The lowest BCUT2D eigenvalue weighted by atomic mass is 10.4. The number of rotatable bonds is 2. The van der Waals surface area contributed by atoms with Gasteiger partial charge < -0.3 is 4.48 Å². The van der Waals surface area contributed by atoms with Crippen molar-refractivity contribution >= 4 is 13.8 Å². The molecule has 13 heavy (non-hydrogen) atoms. The Morgan fingerprint density at radius 2 is 2.15 bits per heavy atom. The Morgan fingerprint density at radius 3 is 2.69 bits per heavy atom. The molecule has 2 radical (unpaired) electrons. The van der Waals surface area contributed by atoms with Crippen LogP contribution >= 0.6 is 0 Å². The van der Waals surface area contributed by atoms with E-state index in [1.54, 1.807) is 0 Å². The Hall–Kier alpha value is -1.59. The minimum Gasteiger partial charge on any atom is -0.319 e. The van der Waals surface area contributed by atoms with Gasteiger partial charge in [0.2, 0.25) is 13.5 Å². The molecule has 0 fully saturated rings. The first kappa shape index (κ1) is 9.50. The van der Waals surface area contributed by atoms with E-state index in [0.29, 0.717) is 4.48 Å². The topological polar surface area (TPSA) is 61.1 Å². The molecule has 1 aromatic rings. The second-order valence-corrected chi connectivity index (χ2v) is 2.64. The molecule has 66 valence electrons. The van der Waals surface area contributed by atoms with Crippen molar-refractivity contribution in [2.75, 3.05) is 0 Å². The summed E-state index contributed by atoms with van der Waals surface area (Å²) in [6.45, 7) is 1.27. The van der Waals surface area contributed by atoms with Gasteiger partial charge in [0.25, 0.3) is 0 Å². The van der Waals surface area contributed by atoms with Gasteiger partial charge in [0.1, 0.15) is 5.78 Å². The third-order valence-corrected chi connectivity index (χ3v) is 1.48. The number of ketones is 1. The summed E-state index contributed by atoms with van der Waals surface area (Å²) in [4.78, 5) is 32.7. The molecule has 0 amide bonds. The summed E-state index contributed by atoms with van der Waals surface area (Å²) in [7, 11) is 5.12. The van der Waals surface area contributed by atoms with E-state index in [1.807, 2.05) is 0 Å². The summed E-state index contributed by atoms with van der Waals surface area (Å²) >= 11 is 0. The highest BCUT2D eigenvalue weighted by Gasteiger charge is 2.01. The predicted octanol–water partition coefficient (Wildman–Crippen LogP) is -1.47. The molecule has 0 unspecified atom stereocenters. The Kier molecular flexibility index (Phi) is 2.50. The van der Waals surface area contributed by atoms with Crippen LogP contribution in [-0.2, 0) is 11.3 Å². The van der Waals surface area contributed by atoms with E-state index < -0.39 is 11.2 Å². The molecule has 0 spiro atoms. The summed E-state index contributed by atoms with van der Waals surface area (Å²) in [6, 6.07) is 1.13. The summed E-state index contributed by atoms with van der Waals surface area (Å²) in [6.07, 6.45) is 1.25. The summed E-state index contributed by atoms with van der Waals surface area (Å²) < 4.78 is 1.53. The van der Waals surface area contributed by atoms with Crippen LogP contribution < -0.4 is 11.2 Å². The van der Waals surface area contributed by atoms with Crippen molar-refractivity contribution in [2.45, 2.75) is 13.5 Å². The van der Waals surface area contributed by atoms with Gasteiger partial charge in [-0.2, -0.15) is 0 Å². The van der Waals surface area contributed by atoms with Crippen molar-refractivity contribution in [1.29, 1.82) is 0 Å². The number of carbonyl (C=O) groups is 1. The van der Waals surface area contributed by atoms with Crippen molar-refractivity contribution in [3.8, 4) is 0 Å². The van der Waals surface area contributed by atoms with Crippen LogP contribution in [0.2, 0.25) is 0 Å². The molecular weight excluding hydrogens is 171 g/mol. The van der Waals surface area contributed by atoms with Crippen LogP contribution in [0.15, 0.2) is 21.9 Å². The molecule has 1 aromatic heterocycles. The van der Waals surface area contributed by atoms with E-state index >= 15 is 0 Å². The lowest BCUT2D eigenvalue weighted by Crippen LogP contribution is -2.38. The van der Waals surface area contributed by atoms with Crippen LogP contribution in [-0.4, -0.2) is 22.8 Å². The number of Topliss-reactive ketones (excluding diaryl/α,β-unsaturated/α-hetero) is 1. The van der Waals surface area contributed by atoms with Crippen LogP contribution in [0.4, 0.5) is 0 Å². The highest BCUT2D eigenvalue weighted by atomic mass is 16.2. The molecule has 0 atom stereocenters. The van der Waals surface area contributed by atoms with Crippen molar-refractivity contribution in [3.63, 3.8) is 0 Å². The zero-order valence-corrected chi connectivity index (χ0v) is 7.06. The molecule has 5 nitrogen and oxygen atoms in total. The quantitative estimate of drug-likeness (QED) is 0.519. The zero-order valence-electron chi connectivity index (χ0n) is 7.06. The van der Waals surface area contributed by atoms with Gasteiger partial charge in [-0.25, -0.2) is 4.79 Å². The average Bonchev–Trinajstić information content (AvgIpc) is 2.06. The molecule has 0 bridgehead atoms. The van der Waals surface area contributed by atoms with Gasteiger partial charge in [-0.15, -0.1) is 0 Å². The molecule has 6 heteroatoms. The maximum absolute atomic E-state index is 11.2. The van der Waals surface area contributed by atoms with Crippen molar-refractivity contribution < 1.29 is 4.79 Å². The molecule has 0 saturated heterocycles. The lowest BCUT2D eigenvalue weighted by molar-refractivity contribution is -0.117. The van der Waals surface area contributed by atoms with Crippen molar-refractivity contribution in [2.24, 2.45) is 0 Å². The first-order valence-electron chi connectivity index (χ1n) is 3.59. The van der Waals surface area contributed by atoms with Gasteiger partial charge in [-0.05, 0) is 6.92 Å². The SMILES string of the molecule is [B]n1c(=O)ccn(CC(C)=O)c1=O. The molecule has 0 aliphatic heterocycles. The highest BCUT2D eigenvalue weighted by Crippen LogP contribution is 1.78. The largest absolute Gasteiger partial charge is 0.319 e. The second-order valence-electron chi connectivity index (χ2n) is 2.64. The van der Waals surface area contributed by atoms with Gasteiger partial charge in [0.15, 0.2) is 0 Å². The highest BCUT2D eigenvalue weighted by molar-refractivity contribution is 6.06. The smallest absolute Gasteiger partial charge is 0.318 e. The van der Waals surface area contributed by atoms with Crippen LogP contribution in [0, 0.1) is 0 Å². The third-order valence-electron chi connectivity index (χ3n) is 1.48. The van der Waals surface area contributed by atoms with E-state index in [0.717, 1.165) is 10.6 Å². The summed E-state index contributed by atoms with van der Waals surface area (Å²) in [5.74, 6) is -0.180. The minimum atomic E-state index is -0.692. The van der Waals surface area contributed by atoms with Gasteiger partial charge in [0.05, 0.1) is 6.54 Å². The van der Waals surface area contributed by atoms with E-state index in [2.05, 4.69) is 0 Å². The van der Waals surface area contributed by atoms with Crippen LogP contribution in [0.25, 0.3) is 0 Å². The van der Waals surface area contributed by atoms with Crippen molar-refractivity contribution in [1.82, 2.24) is 9.05 Å². The molecule has 0 aromatic carbocycles. The fourth-order valence-corrected chi connectivity index (χ4v) is 0.891. The van der Waals surface area contributed by atoms with Crippen LogP contribution in [0.3, 0.4) is 0 Å². The standard InChI is InChI=1S/C7H7BN2O3/c1-5(11)4-9-3-2-6(12)10(8)7(9)13/h2-3H,4H2,1H3. The zero-order chi connectivity index (χ0) is 10.0. The Bertz CT molecular complexity index is 446. The van der Waals surface area contributed by atoms with Gasteiger partial charge >= 0.3 is 5.69 Å². The molecule has 0 aliphatic carbocycles. The first-order chi connectivity index (χ1) is 6.02. The van der Waals surface area contributed by atoms with Gasteiger partial charge in [0, 0.05) is 12.3 Å². The van der Waals surface area contributed by atoms with Gasteiger partial charge in [-0.1, -0.05) is 0 Å². The molecule has 1 heterocycles. The molecule has 1 rings (SSSR count). The molecule has 0 N–H and O–H groups in total. The number of aromatic nitrogens is 2. The Balaban J connectivity index is 3.27. The van der Waals surface area contributed by atoms with Crippen LogP contribution in [0.5, 0.6) is 0 Å². The van der Waals surface area contributed by atoms with E-state index in [1.165, 1.54) is 13.1 Å². The fourth-order valence-electron chi connectivity index (χ4n) is 0.891. The number of carbonyl (C=O) groups excluding carboxylic acids is 1. The number of hydrogen-bond donors (Lipinski definition) is 0. The molecular formula is C7H7BN2O3. The molecule has 0 saturated carbocycles. The maximum atomic E-state index is 11.2. The lowest BCUT2D eigenvalue weighted by Gasteiger charge is -2.03. The Labute approximate surface area is 75.0 Å². The third kappa shape index (κ3) is 1.96. The van der Waals surface area contributed by atoms with Crippen molar-refractivity contribution in [3.05, 3.63) is 33.1 Å². The van der Waals surface area contributed by atoms with Crippen LogP contribution in [0.1, 0.15) is 6.92 Å². The summed E-state index contributed by atoms with van der Waals surface area (Å²) in [5.41, 5.74) is -1.28. The Morgan fingerprint density at radius 1 is 1.54 bits per heavy atom. The minimum absolute atomic E-state index is 0.0731. The van der Waals surface area contributed by atoms with E-state index in [9.17, 15) is 14.4 Å². The van der Waals surface area contributed by atoms with E-state index in [-0.39, 0.29) is 12.3 Å².